The number of nitrogens with zero attached hydrogens (tertiary/aromatic N) is 3. The summed E-state index contributed by atoms with van der Waals surface area (Å²) in [6.07, 6.45) is 2.34. The van der Waals surface area contributed by atoms with Crippen molar-refractivity contribution in [3.8, 4) is 11.5 Å². The van der Waals surface area contributed by atoms with Crippen molar-refractivity contribution >= 4 is 34.1 Å². The van der Waals surface area contributed by atoms with Gasteiger partial charge in [-0.3, -0.25) is 24.4 Å². The molecule has 0 atom stereocenters. The van der Waals surface area contributed by atoms with E-state index in [-0.39, 0.29) is 12.1 Å². The third-order valence-corrected chi connectivity index (χ3v) is 5.33. The van der Waals surface area contributed by atoms with Crippen LogP contribution in [0.1, 0.15) is 15.2 Å². The van der Waals surface area contributed by atoms with Gasteiger partial charge < -0.3 is 20.3 Å². The maximum absolute atomic E-state index is 13.2. The quantitative estimate of drug-likeness (QED) is 0.529. The van der Waals surface area contributed by atoms with Crippen LogP contribution in [0.2, 0.25) is 0 Å². The van der Waals surface area contributed by atoms with Crippen molar-refractivity contribution in [3.63, 3.8) is 0 Å². The van der Waals surface area contributed by atoms with Crippen molar-refractivity contribution in [2.75, 3.05) is 24.8 Å². The molecule has 0 radical (unpaired) electrons. The van der Waals surface area contributed by atoms with E-state index in [0.717, 1.165) is 4.88 Å². The average Bonchev–Trinajstić information content (AvgIpc) is 3.22. The molecule has 10 nitrogen and oxygen atoms in total. The van der Waals surface area contributed by atoms with Gasteiger partial charge in [0.2, 0.25) is 0 Å². The van der Waals surface area contributed by atoms with E-state index in [2.05, 4.69) is 10.3 Å². The number of aromatic nitrogens is 2. The van der Waals surface area contributed by atoms with Crippen molar-refractivity contribution in [1.82, 2.24) is 15.0 Å². The Bertz CT molecular complexity index is 1160. The minimum Gasteiger partial charge on any atom is -0.506 e. The Hall–Kier alpha value is -3.60. The molecular formula is C18H16N4O6S. The number of thiazole rings is 1. The van der Waals surface area contributed by atoms with Crippen molar-refractivity contribution in [3.05, 3.63) is 50.7 Å². The first kappa shape index (κ1) is 18.7. The molecule has 0 spiro atoms. The minimum atomic E-state index is -1.26. The zero-order valence-corrected chi connectivity index (χ0v) is 15.8. The van der Waals surface area contributed by atoms with E-state index >= 15 is 0 Å². The summed E-state index contributed by atoms with van der Waals surface area (Å²) in [5, 5.41) is 23.4. The number of carboxylic acid groups (broad SMARTS) is 1. The molecule has 0 unspecified atom stereocenters. The molecule has 150 valence electrons. The SMILES string of the molecule is O=C(O)CNC(=O)c1c(O)c2cccc3c2n(c1=O)N(CCc1cncs1)CO3. The van der Waals surface area contributed by atoms with Crippen LogP contribution < -0.4 is 20.6 Å². The Morgan fingerprint density at radius 1 is 1.34 bits per heavy atom. The smallest absolute Gasteiger partial charge is 0.322 e. The molecule has 3 heterocycles. The molecule has 11 heteroatoms. The maximum Gasteiger partial charge on any atom is 0.322 e. The summed E-state index contributed by atoms with van der Waals surface area (Å²) in [7, 11) is 0. The molecule has 1 amide bonds. The predicted molar refractivity (Wildman–Crippen MR) is 104 cm³/mol. The summed E-state index contributed by atoms with van der Waals surface area (Å²) >= 11 is 1.49. The number of para-hydroxylation sites is 1. The van der Waals surface area contributed by atoms with Gasteiger partial charge in [0.15, 0.2) is 6.73 Å². The normalized spacial score (nSPS) is 12.6. The summed E-state index contributed by atoms with van der Waals surface area (Å²) < 4.78 is 7.04. The second kappa shape index (κ2) is 7.43. The lowest BCUT2D eigenvalue weighted by Gasteiger charge is -2.33. The van der Waals surface area contributed by atoms with Crippen LogP contribution in [-0.4, -0.2) is 51.6 Å². The second-order valence-electron chi connectivity index (χ2n) is 6.29. The number of carbonyl (C=O) groups is 2. The number of aliphatic carboxylic acids is 1. The average molecular weight is 416 g/mol. The predicted octanol–water partition coefficient (Wildman–Crippen LogP) is 0.509. The van der Waals surface area contributed by atoms with Gasteiger partial charge >= 0.3 is 5.97 Å². The van der Waals surface area contributed by atoms with Crippen LogP contribution >= 0.6 is 11.3 Å². The molecule has 0 bridgehead atoms. The van der Waals surface area contributed by atoms with Gasteiger partial charge in [-0.05, 0) is 12.1 Å². The van der Waals surface area contributed by atoms with Crippen molar-refractivity contribution < 1.29 is 24.5 Å². The molecule has 0 saturated carbocycles. The van der Waals surface area contributed by atoms with Crippen LogP contribution in [0.3, 0.4) is 0 Å². The highest BCUT2D eigenvalue weighted by Gasteiger charge is 2.29. The van der Waals surface area contributed by atoms with Crippen LogP contribution in [0.4, 0.5) is 0 Å². The van der Waals surface area contributed by atoms with E-state index < -0.39 is 35.3 Å². The zero-order chi connectivity index (χ0) is 20.5. The number of nitrogens with one attached hydrogen (secondary N) is 1. The summed E-state index contributed by atoms with van der Waals surface area (Å²) in [6, 6.07) is 4.87. The fourth-order valence-electron chi connectivity index (χ4n) is 3.18. The van der Waals surface area contributed by atoms with Crippen molar-refractivity contribution in [2.24, 2.45) is 0 Å². The van der Waals surface area contributed by atoms with Gasteiger partial charge in [0.25, 0.3) is 11.5 Å². The third-order valence-electron chi connectivity index (χ3n) is 4.49. The zero-order valence-electron chi connectivity index (χ0n) is 15.0. The standard InChI is InChI=1S/C18H16N4O6S/c23-13(24)7-20-17(26)14-16(25)11-2-1-3-12-15(11)22(18(14)27)21(9-28-12)5-4-10-6-19-8-29-10/h1-3,6,8,25H,4-5,7,9H2,(H,20,26)(H,23,24). The molecule has 0 saturated heterocycles. The Morgan fingerprint density at radius 2 is 2.17 bits per heavy atom. The van der Waals surface area contributed by atoms with Crippen LogP contribution in [0.25, 0.3) is 10.9 Å². The van der Waals surface area contributed by atoms with Gasteiger partial charge in [-0.1, -0.05) is 6.07 Å². The highest BCUT2D eigenvalue weighted by atomic mass is 32.1. The molecule has 0 aliphatic carbocycles. The van der Waals surface area contributed by atoms with Crippen LogP contribution in [0, 0.1) is 0 Å². The number of aromatic hydroxyl groups is 1. The summed E-state index contributed by atoms with van der Waals surface area (Å²) in [6.45, 7) is -0.188. The maximum atomic E-state index is 13.2. The lowest BCUT2D eigenvalue weighted by Crippen LogP contribution is -2.50. The molecule has 29 heavy (non-hydrogen) atoms. The molecule has 1 aliphatic rings. The number of rotatable bonds is 6. The first-order chi connectivity index (χ1) is 14.0. The molecule has 1 aromatic carbocycles. The van der Waals surface area contributed by atoms with Gasteiger partial charge in [0.05, 0.1) is 5.51 Å². The number of ether oxygens (including phenoxy) is 1. The number of amides is 1. The Balaban J connectivity index is 1.82. The van der Waals surface area contributed by atoms with E-state index in [1.54, 1.807) is 34.9 Å². The summed E-state index contributed by atoms with van der Waals surface area (Å²) in [5.74, 6) is -2.33. The van der Waals surface area contributed by atoms with E-state index in [0.29, 0.717) is 24.2 Å². The second-order valence-corrected chi connectivity index (χ2v) is 7.26. The van der Waals surface area contributed by atoms with Crippen molar-refractivity contribution in [1.29, 1.82) is 0 Å². The minimum absolute atomic E-state index is 0.0752. The first-order valence-corrected chi connectivity index (χ1v) is 9.51. The van der Waals surface area contributed by atoms with Crippen LogP contribution in [-0.2, 0) is 11.2 Å². The molecule has 4 rings (SSSR count). The van der Waals surface area contributed by atoms with Gasteiger partial charge in [-0.2, -0.15) is 0 Å². The van der Waals surface area contributed by atoms with Crippen molar-refractivity contribution in [2.45, 2.75) is 6.42 Å². The van der Waals surface area contributed by atoms with E-state index in [9.17, 15) is 19.5 Å². The van der Waals surface area contributed by atoms with Gasteiger partial charge in [0, 0.05) is 29.4 Å². The number of hydrogen-bond donors (Lipinski definition) is 3. The van der Waals surface area contributed by atoms with Crippen LogP contribution in [0.15, 0.2) is 34.7 Å². The Morgan fingerprint density at radius 3 is 2.90 bits per heavy atom. The molecule has 2 aromatic heterocycles. The Labute approximate surface area is 167 Å². The number of carbonyl (C=O) groups excluding carboxylic acids is 1. The Kier molecular flexibility index (Phi) is 4.80. The summed E-state index contributed by atoms with van der Waals surface area (Å²) in [4.78, 5) is 41.4. The van der Waals surface area contributed by atoms with Crippen LogP contribution in [0.5, 0.6) is 11.5 Å². The number of pyridine rings is 1. The first-order valence-electron chi connectivity index (χ1n) is 8.63. The van der Waals surface area contributed by atoms with Gasteiger partial charge in [-0.25, -0.2) is 4.68 Å². The van der Waals surface area contributed by atoms with Gasteiger partial charge in [-0.15, -0.1) is 11.3 Å². The highest BCUT2D eigenvalue weighted by Crippen LogP contribution is 2.34. The monoisotopic (exact) mass is 416 g/mol. The summed E-state index contributed by atoms with van der Waals surface area (Å²) in [5.41, 5.74) is 0.798. The third kappa shape index (κ3) is 3.36. The molecular weight excluding hydrogens is 400 g/mol. The fraction of sp³-hybridized carbons (Fsp3) is 0.222. The number of hydrogen-bond acceptors (Lipinski definition) is 8. The van der Waals surface area contributed by atoms with E-state index in [4.69, 9.17) is 9.84 Å². The van der Waals surface area contributed by atoms with Gasteiger partial charge in [0.1, 0.15) is 29.1 Å². The number of benzene rings is 1. The lowest BCUT2D eigenvalue weighted by atomic mass is 10.1. The van der Waals surface area contributed by atoms with E-state index in [1.165, 1.54) is 16.0 Å². The highest BCUT2D eigenvalue weighted by molar-refractivity contribution is 7.09. The fourth-order valence-corrected chi connectivity index (χ4v) is 3.77. The number of carboxylic acids is 1. The largest absolute Gasteiger partial charge is 0.506 e. The van der Waals surface area contributed by atoms with E-state index in [1.807, 2.05) is 0 Å². The molecule has 1 aliphatic heterocycles. The molecule has 0 fully saturated rings. The lowest BCUT2D eigenvalue weighted by molar-refractivity contribution is -0.135. The topological polar surface area (TPSA) is 134 Å². The molecule has 3 aromatic rings. The molecule has 3 N–H and O–H groups in total.